The molecule has 1 spiro atoms. The summed E-state index contributed by atoms with van der Waals surface area (Å²) < 4.78 is 0. The van der Waals surface area contributed by atoms with Crippen LogP contribution in [0.5, 0.6) is 0 Å². The van der Waals surface area contributed by atoms with E-state index in [1.807, 2.05) is 12.5 Å². The quantitative estimate of drug-likeness (QED) is 0.545. The topological polar surface area (TPSA) is 17.1 Å². The number of hydrogen-bond donors (Lipinski definition) is 0. The standard InChI is InChI=1S/C23H34O/c1-15(24)18-6-7-19-17-5-4-16-14-23(12-13-23)11-10-21(16,2)20(17)8-9-22(18,19)3/h14,17-20H,4-13H2,1-3H3/t17-,18+,19-,20-,21-,22+/m0/s1. The van der Waals surface area contributed by atoms with Crippen LogP contribution in [0.2, 0.25) is 0 Å². The van der Waals surface area contributed by atoms with Crippen molar-refractivity contribution in [3.63, 3.8) is 0 Å². The van der Waals surface area contributed by atoms with E-state index in [1.54, 1.807) is 0 Å². The second-order valence-corrected chi connectivity index (χ2v) is 10.7. The van der Waals surface area contributed by atoms with E-state index in [4.69, 9.17) is 0 Å². The molecule has 0 aromatic heterocycles. The van der Waals surface area contributed by atoms with Gasteiger partial charge < -0.3 is 0 Å². The van der Waals surface area contributed by atoms with Crippen LogP contribution in [0.1, 0.15) is 85.0 Å². The molecule has 0 amide bonds. The maximum atomic E-state index is 12.2. The minimum Gasteiger partial charge on any atom is -0.300 e. The highest BCUT2D eigenvalue weighted by atomic mass is 16.1. The lowest BCUT2D eigenvalue weighted by atomic mass is 9.46. The van der Waals surface area contributed by atoms with Crippen LogP contribution < -0.4 is 0 Å². The fourth-order valence-electron chi connectivity index (χ4n) is 8.08. The molecule has 0 saturated heterocycles. The van der Waals surface area contributed by atoms with E-state index >= 15 is 0 Å². The van der Waals surface area contributed by atoms with Gasteiger partial charge >= 0.3 is 0 Å². The van der Waals surface area contributed by atoms with Crippen LogP contribution in [0.15, 0.2) is 11.6 Å². The Hall–Kier alpha value is -0.590. The number of allylic oxidation sites excluding steroid dienone is 2. The van der Waals surface area contributed by atoms with Crippen LogP contribution in [0.25, 0.3) is 0 Å². The van der Waals surface area contributed by atoms with Crippen LogP contribution in [-0.4, -0.2) is 5.78 Å². The summed E-state index contributed by atoms with van der Waals surface area (Å²) in [6, 6.07) is 0. The lowest BCUT2D eigenvalue weighted by Gasteiger charge is -2.58. The number of hydrogen-bond acceptors (Lipinski definition) is 1. The summed E-state index contributed by atoms with van der Waals surface area (Å²) in [5, 5.41) is 0. The van der Waals surface area contributed by atoms with Gasteiger partial charge in [-0.15, -0.1) is 0 Å². The Kier molecular flexibility index (Phi) is 3.11. The van der Waals surface area contributed by atoms with Gasteiger partial charge in [-0.2, -0.15) is 0 Å². The lowest BCUT2D eigenvalue weighted by Crippen LogP contribution is -2.51. The van der Waals surface area contributed by atoms with Crippen LogP contribution >= 0.6 is 0 Å². The van der Waals surface area contributed by atoms with Gasteiger partial charge in [0.2, 0.25) is 0 Å². The molecule has 0 heterocycles. The van der Waals surface area contributed by atoms with E-state index in [0.717, 1.165) is 17.8 Å². The van der Waals surface area contributed by atoms with Gasteiger partial charge in [0.15, 0.2) is 0 Å². The normalized spacial score (nSPS) is 51.4. The summed E-state index contributed by atoms with van der Waals surface area (Å²) in [6.45, 7) is 6.94. The maximum absolute atomic E-state index is 12.2. The first-order chi connectivity index (χ1) is 11.4. The lowest BCUT2D eigenvalue weighted by molar-refractivity contribution is -0.127. The predicted molar refractivity (Wildman–Crippen MR) is 97.5 cm³/mol. The van der Waals surface area contributed by atoms with Crippen molar-refractivity contribution < 1.29 is 4.79 Å². The summed E-state index contributed by atoms with van der Waals surface area (Å²) in [6.07, 6.45) is 16.5. The Labute approximate surface area is 147 Å². The van der Waals surface area contributed by atoms with Crippen molar-refractivity contribution in [2.45, 2.75) is 85.0 Å². The van der Waals surface area contributed by atoms with Gasteiger partial charge in [0.25, 0.3) is 0 Å². The minimum atomic E-state index is 0.316. The third kappa shape index (κ3) is 1.91. The van der Waals surface area contributed by atoms with Crippen molar-refractivity contribution in [3.8, 4) is 0 Å². The summed E-state index contributed by atoms with van der Waals surface area (Å²) in [7, 11) is 0. The number of carbonyl (C=O) groups excluding carboxylic acids is 1. The Morgan fingerprint density at radius 2 is 1.71 bits per heavy atom. The van der Waals surface area contributed by atoms with Gasteiger partial charge in [0.1, 0.15) is 5.78 Å². The zero-order valence-electron chi connectivity index (χ0n) is 15.9. The molecular weight excluding hydrogens is 292 g/mol. The van der Waals surface area contributed by atoms with Gasteiger partial charge in [-0.3, -0.25) is 4.79 Å². The maximum Gasteiger partial charge on any atom is 0.133 e. The molecule has 132 valence electrons. The van der Waals surface area contributed by atoms with Crippen LogP contribution in [0.3, 0.4) is 0 Å². The molecule has 5 aliphatic carbocycles. The average Bonchev–Trinajstić information content (AvgIpc) is 3.19. The van der Waals surface area contributed by atoms with E-state index in [-0.39, 0.29) is 0 Å². The smallest absolute Gasteiger partial charge is 0.133 e. The van der Waals surface area contributed by atoms with E-state index < -0.39 is 0 Å². The SMILES string of the molecule is CC(=O)[C@H]1CC[C@H]2[C@@H]3CCC4=CC5(CC5)CC[C@]4(C)[C@H]3CC[C@]12C. The summed E-state index contributed by atoms with van der Waals surface area (Å²) in [5.74, 6) is 3.44. The third-order valence-electron chi connectivity index (χ3n) is 9.74. The fourth-order valence-corrected chi connectivity index (χ4v) is 8.08. The summed E-state index contributed by atoms with van der Waals surface area (Å²) in [5.41, 5.74) is 3.30. The largest absolute Gasteiger partial charge is 0.300 e. The van der Waals surface area contributed by atoms with Crippen LogP contribution in [0, 0.1) is 39.9 Å². The molecule has 0 radical (unpaired) electrons. The fraction of sp³-hybridized carbons (Fsp3) is 0.870. The zero-order valence-corrected chi connectivity index (χ0v) is 15.9. The molecule has 0 N–H and O–H groups in total. The van der Waals surface area contributed by atoms with E-state index in [9.17, 15) is 4.79 Å². The molecule has 0 aliphatic heterocycles. The minimum absolute atomic E-state index is 0.316. The molecule has 6 atom stereocenters. The van der Waals surface area contributed by atoms with Crippen LogP contribution in [-0.2, 0) is 4.79 Å². The van der Waals surface area contributed by atoms with E-state index in [0.29, 0.717) is 27.9 Å². The molecule has 0 aromatic rings. The molecular formula is C23H34O. The monoisotopic (exact) mass is 326 g/mol. The van der Waals surface area contributed by atoms with Gasteiger partial charge in [-0.1, -0.05) is 25.5 Å². The molecule has 24 heavy (non-hydrogen) atoms. The number of Topliss-reactive ketones (excluding diaryl/α,β-unsaturated/α-hetero) is 1. The molecule has 4 fully saturated rings. The van der Waals surface area contributed by atoms with Crippen LogP contribution in [0.4, 0.5) is 0 Å². The number of rotatable bonds is 1. The second kappa shape index (κ2) is 4.77. The Morgan fingerprint density at radius 3 is 2.42 bits per heavy atom. The molecule has 1 nitrogen and oxygen atoms in total. The molecule has 0 bridgehead atoms. The zero-order chi connectivity index (χ0) is 16.7. The summed E-state index contributed by atoms with van der Waals surface area (Å²) >= 11 is 0. The highest BCUT2D eigenvalue weighted by Crippen LogP contribution is 2.69. The van der Waals surface area contributed by atoms with Crippen molar-refractivity contribution in [2.75, 3.05) is 0 Å². The van der Waals surface area contributed by atoms with Crippen molar-refractivity contribution in [2.24, 2.45) is 39.9 Å². The van der Waals surface area contributed by atoms with Crippen molar-refractivity contribution in [1.82, 2.24) is 0 Å². The second-order valence-electron chi connectivity index (χ2n) is 10.7. The molecule has 1 heteroatoms. The first-order valence-corrected chi connectivity index (χ1v) is 10.6. The van der Waals surface area contributed by atoms with Gasteiger partial charge in [0.05, 0.1) is 0 Å². The number of carbonyl (C=O) groups is 1. The van der Waals surface area contributed by atoms with Crippen molar-refractivity contribution in [1.29, 1.82) is 0 Å². The molecule has 5 rings (SSSR count). The average molecular weight is 327 g/mol. The number of ketones is 1. The molecule has 0 aromatic carbocycles. The van der Waals surface area contributed by atoms with Gasteiger partial charge in [-0.25, -0.2) is 0 Å². The highest BCUT2D eigenvalue weighted by molar-refractivity contribution is 5.79. The predicted octanol–water partition coefficient (Wildman–Crippen LogP) is 5.93. The van der Waals surface area contributed by atoms with Crippen molar-refractivity contribution >= 4 is 5.78 Å². The Bertz CT molecular complexity index is 612. The van der Waals surface area contributed by atoms with Gasteiger partial charge in [0, 0.05) is 5.92 Å². The Morgan fingerprint density at radius 1 is 0.958 bits per heavy atom. The van der Waals surface area contributed by atoms with E-state index in [1.165, 1.54) is 64.2 Å². The van der Waals surface area contributed by atoms with Crippen molar-refractivity contribution in [3.05, 3.63) is 11.6 Å². The summed E-state index contributed by atoms with van der Waals surface area (Å²) in [4.78, 5) is 12.2. The molecule has 4 saturated carbocycles. The highest BCUT2D eigenvalue weighted by Gasteiger charge is 2.60. The van der Waals surface area contributed by atoms with E-state index in [2.05, 4.69) is 19.9 Å². The number of fused-ring (bicyclic) bond motifs is 5. The molecule has 5 aliphatic rings. The Balaban J connectivity index is 1.47. The van der Waals surface area contributed by atoms with Gasteiger partial charge in [-0.05, 0) is 105 Å². The first-order valence-electron chi connectivity index (χ1n) is 10.6. The molecule has 0 unspecified atom stereocenters. The first kappa shape index (κ1) is 15.6. The third-order valence-corrected chi connectivity index (χ3v) is 9.74.